The monoisotopic (exact) mass is 776 g/mol. The van der Waals surface area contributed by atoms with Crippen molar-refractivity contribution in [1.82, 2.24) is 0 Å². The second kappa shape index (κ2) is 13.3. The molecule has 0 N–H and O–H groups in total. The van der Waals surface area contributed by atoms with Gasteiger partial charge in [-0.3, -0.25) is 0 Å². The second-order valence-electron chi connectivity index (χ2n) is 14.8. The smallest absolute Gasteiger partial charge is 0.143 e. The Bertz CT molecular complexity index is 3370. The number of hydrogen-bond acceptors (Lipinski definition) is 4. The van der Waals surface area contributed by atoms with Gasteiger partial charge in [0.1, 0.15) is 22.3 Å². The predicted octanol–water partition coefficient (Wildman–Crippen LogP) is 16.9. The summed E-state index contributed by atoms with van der Waals surface area (Å²) in [6.07, 6.45) is 0. The van der Waals surface area contributed by atoms with E-state index in [2.05, 4.69) is 158 Å². The average Bonchev–Trinajstić information content (AvgIpc) is 4.09. The van der Waals surface area contributed by atoms with Crippen LogP contribution in [0.4, 0.5) is 0 Å². The van der Waals surface area contributed by atoms with E-state index in [1.165, 1.54) is 51.8 Å². The summed E-state index contributed by atoms with van der Waals surface area (Å²) in [6.45, 7) is 0. The minimum atomic E-state index is 0.884. The van der Waals surface area contributed by atoms with Crippen LogP contribution in [0.3, 0.4) is 0 Å². The van der Waals surface area contributed by atoms with Crippen LogP contribution in [0.2, 0.25) is 0 Å². The average molecular weight is 777 g/mol. The molecule has 0 atom stereocenters. The third-order valence-corrected chi connectivity index (χ3v) is 13.6. The number of benzene rings is 9. The molecular formula is C54H32O2S2. The second-order valence-corrected chi connectivity index (χ2v) is 16.9. The summed E-state index contributed by atoms with van der Waals surface area (Å²) in [5, 5.41) is 11.8. The van der Waals surface area contributed by atoms with Gasteiger partial charge >= 0.3 is 0 Å². The molecule has 0 amide bonds. The maximum Gasteiger partial charge on any atom is 0.143 e. The first kappa shape index (κ1) is 33.2. The zero-order valence-corrected chi connectivity index (χ0v) is 32.7. The van der Waals surface area contributed by atoms with Crippen LogP contribution in [-0.4, -0.2) is 0 Å². The van der Waals surface area contributed by atoms with Gasteiger partial charge in [0.05, 0.1) is 0 Å². The number of hydrogen-bond donors (Lipinski definition) is 0. The maximum absolute atomic E-state index is 6.72. The molecule has 0 aliphatic rings. The van der Waals surface area contributed by atoms with Gasteiger partial charge in [-0.2, -0.15) is 0 Å². The SMILES string of the molecule is c1ccc2sc(-c3cc4c5ccc(-c6ccc7c(c6)oc6c8ccccc8c(-c8cc9ccccc9s8)cc76)cc5oc4c4ccccc34)cc2c1.c1ccccc1. The number of thiophene rings is 2. The first-order chi connectivity index (χ1) is 28.7. The van der Waals surface area contributed by atoms with Crippen LogP contribution in [0.1, 0.15) is 0 Å². The van der Waals surface area contributed by atoms with Gasteiger partial charge in [0.2, 0.25) is 0 Å². The molecule has 0 radical (unpaired) electrons. The molecule has 0 fully saturated rings. The molecule has 4 aromatic heterocycles. The van der Waals surface area contributed by atoms with Crippen molar-refractivity contribution < 1.29 is 8.83 Å². The Labute approximate surface area is 341 Å². The van der Waals surface area contributed by atoms with Crippen LogP contribution < -0.4 is 0 Å². The van der Waals surface area contributed by atoms with E-state index < -0.39 is 0 Å². The van der Waals surface area contributed by atoms with Gasteiger partial charge in [-0.15, -0.1) is 22.7 Å². The first-order valence-corrected chi connectivity index (χ1v) is 21.1. The van der Waals surface area contributed by atoms with Crippen LogP contribution >= 0.6 is 22.7 Å². The first-order valence-electron chi connectivity index (χ1n) is 19.5. The topological polar surface area (TPSA) is 26.3 Å². The van der Waals surface area contributed by atoms with E-state index in [1.807, 2.05) is 59.1 Å². The highest BCUT2D eigenvalue weighted by atomic mass is 32.1. The van der Waals surface area contributed by atoms with Crippen molar-refractivity contribution in [2.24, 2.45) is 0 Å². The summed E-state index contributed by atoms with van der Waals surface area (Å²) < 4.78 is 16.0. The quantitative estimate of drug-likeness (QED) is 0.179. The molecular weight excluding hydrogens is 745 g/mol. The molecule has 13 rings (SSSR count). The zero-order chi connectivity index (χ0) is 38.2. The van der Waals surface area contributed by atoms with E-state index in [4.69, 9.17) is 8.83 Å². The van der Waals surface area contributed by atoms with Crippen LogP contribution in [0.25, 0.3) is 118 Å². The lowest BCUT2D eigenvalue weighted by Crippen LogP contribution is -1.80. The Morgan fingerprint density at radius 2 is 0.690 bits per heavy atom. The summed E-state index contributed by atoms with van der Waals surface area (Å²) in [6, 6.07) is 69.0. The molecule has 0 bridgehead atoms. The molecule has 0 aliphatic carbocycles. The summed E-state index contributed by atoms with van der Waals surface area (Å²) in [5.41, 5.74) is 8.31. The molecule has 58 heavy (non-hydrogen) atoms. The fraction of sp³-hybridized carbons (Fsp3) is 0. The third-order valence-electron chi connectivity index (χ3n) is 11.3. The molecule has 13 aromatic rings. The Hall–Kier alpha value is -6.98. The predicted molar refractivity (Wildman–Crippen MR) is 250 cm³/mol. The highest BCUT2D eigenvalue weighted by Gasteiger charge is 2.19. The van der Waals surface area contributed by atoms with Crippen molar-refractivity contribution >= 4 is 108 Å². The molecule has 0 saturated carbocycles. The molecule has 0 spiro atoms. The van der Waals surface area contributed by atoms with E-state index >= 15 is 0 Å². The lowest BCUT2D eigenvalue weighted by molar-refractivity contribution is 0.672. The molecule has 0 aliphatic heterocycles. The number of furan rings is 2. The standard InChI is InChI=1S/C48H26O2S2.C6H6/c1-7-15-43-29(9-1)23-45(51-43)37-25-39-33-19-17-27(21-41(33)49-47(39)35-13-5-3-11-31(35)37)28-18-20-34-40-26-38(46-24-30-10-2-8-16-44(30)52-46)32-12-4-6-14-36(32)48(40)50-42(34)22-28;1-2-4-6-5-3-1/h1-26H;1-6H. The lowest BCUT2D eigenvalue weighted by atomic mass is 9.97. The summed E-state index contributed by atoms with van der Waals surface area (Å²) in [7, 11) is 0. The molecule has 2 nitrogen and oxygen atoms in total. The molecule has 9 aromatic carbocycles. The third kappa shape index (κ3) is 5.37. The van der Waals surface area contributed by atoms with Crippen molar-refractivity contribution in [3.05, 3.63) is 194 Å². The van der Waals surface area contributed by atoms with Gasteiger partial charge in [-0.05, 0) is 93.3 Å². The lowest BCUT2D eigenvalue weighted by Gasteiger charge is -2.06. The van der Waals surface area contributed by atoms with Crippen molar-refractivity contribution in [2.75, 3.05) is 0 Å². The Kier molecular flexibility index (Phi) is 7.62. The Balaban J connectivity index is 0.000000563. The maximum atomic E-state index is 6.72. The summed E-state index contributed by atoms with van der Waals surface area (Å²) in [4.78, 5) is 2.54. The molecule has 4 heterocycles. The molecule has 0 saturated heterocycles. The van der Waals surface area contributed by atoms with Gasteiger partial charge in [0.15, 0.2) is 0 Å². The Morgan fingerprint density at radius 1 is 0.293 bits per heavy atom. The van der Waals surface area contributed by atoms with Gasteiger partial charge in [0.25, 0.3) is 0 Å². The van der Waals surface area contributed by atoms with Crippen LogP contribution in [-0.2, 0) is 0 Å². The van der Waals surface area contributed by atoms with E-state index in [0.717, 1.165) is 65.8 Å². The van der Waals surface area contributed by atoms with Crippen molar-refractivity contribution in [3.63, 3.8) is 0 Å². The van der Waals surface area contributed by atoms with Gasteiger partial charge in [-0.25, -0.2) is 0 Å². The molecule has 272 valence electrons. The largest absolute Gasteiger partial charge is 0.455 e. The van der Waals surface area contributed by atoms with Crippen LogP contribution in [0, 0.1) is 0 Å². The normalized spacial score (nSPS) is 11.8. The van der Waals surface area contributed by atoms with E-state index in [-0.39, 0.29) is 0 Å². The minimum Gasteiger partial charge on any atom is -0.455 e. The van der Waals surface area contributed by atoms with E-state index in [0.29, 0.717) is 0 Å². The fourth-order valence-corrected chi connectivity index (χ4v) is 10.8. The van der Waals surface area contributed by atoms with Gasteiger partial charge in [0, 0.05) is 62.6 Å². The van der Waals surface area contributed by atoms with Crippen LogP contribution in [0.5, 0.6) is 0 Å². The van der Waals surface area contributed by atoms with Gasteiger partial charge in [-0.1, -0.05) is 133 Å². The molecule has 0 unspecified atom stereocenters. The zero-order valence-electron chi connectivity index (χ0n) is 31.1. The minimum absolute atomic E-state index is 0.884. The highest BCUT2D eigenvalue weighted by molar-refractivity contribution is 7.22. The highest BCUT2D eigenvalue weighted by Crippen LogP contribution is 2.46. The fourth-order valence-electron chi connectivity index (χ4n) is 8.58. The van der Waals surface area contributed by atoms with E-state index in [9.17, 15) is 0 Å². The van der Waals surface area contributed by atoms with E-state index in [1.54, 1.807) is 0 Å². The van der Waals surface area contributed by atoms with Gasteiger partial charge < -0.3 is 8.83 Å². The van der Waals surface area contributed by atoms with Crippen LogP contribution in [0.15, 0.2) is 203 Å². The Morgan fingerprint density at radius 3 is 1.12 bits per heavy atom. The summed E-state index contributed by atoms with van der Waals surface area (Å²) >= 11 is 3.69. The van der Waals surface area contributed by atoms with Crippen molar-refractivity contribution in [2.45, 2.75) is 0 Å². The summed E-state index contributed by atoms with van der Waals surface area (Å²) in [5.74, 6) is 0. The molecule has 4 heteroatoms. The van der Waals surface area contributed by atoms with Crippen molar-refractivity contribution in [1.29, 1.82) is 0 Å². The number of rotatable bonds is 3. The number of fused-ring (bicyclic) bond motifs is 12. The van der Waals surface area contributed by atoms with Crippen molar-refractivity contribution in [3.8, 4) is 32.0 Å².